The number of carbonyl (C=O) groups excluding carboxylic acids is 1. The number of ether oxygens (including phenoxy) is 1. The number of fused-ring (bicyclic) bond motifs is 2. The van der Waals surface area contributed by atoms with Crippen molar-refractivity contribution in [1.82, 2.24) is 14.5 Å². The van der Waals surface area contributed by atoms with Crippen LogP contribution in [0.25, 0.3) is 10.9 Å². The molecule has 0 saturated carbocycles. The highest BCUT2D eigenvalue weighted by Crippen LogP contribution is 2.18. The van der Waals surface area contributed by atoms with Crippen LogP contribution in [0, 0.1) is 0 Å². The zero-order valence-corrected chi connectivity index (χ0v) is 15.9. The summed E-state index contributed by atoms with van der Waals surface area (Å²) in [6, 6.07) is 15.1. The van der Waals surface area contributed by atoms with E-state index in [9.17, 15) is 9.59 Å². The fourth-order valence-electron chi connectivity index (χ4n) is 3.66. The lowest BCUT2D eigenvalue weighted by molar-refractivity contribution is 0.0680. The van der Waals surface area contributed by atoms with Gasteiger partial charge in [0.25, 0.3) is 11.5 Å². The second kappa shape index (κ2) is 7.94. The number of methoxy groups -OCH3 is 1. The van der Waals surface area contributed by atoms with Crippen molar-refractivity contribution in [3.63, 3.8) is 0 Å². The average molecular weight is 377 g/mol. The highest BCUT2D eigenvalue weighted by Gasteiger charge is 2.20. The Morgan fingerprint density at radius 2 is 2.04 bits per heavy atom. The molecule has 1 aromatic heterocycles. The molecule has 1 aliphatic rings. The third-order valence-electron chi connectivity index (χ3n) is 5.13. The van der Waals surface area contributed by atoms with Crippen molar-refractivity contribution in [2.45, 2.75) is 25.9 Å². The Labute approximate surface area is 163 Å². The lowest BCUT2D eigenvalue weighted by Gasteiger charge is -2.23. The second-order valence-electron chi connectivity index (χ2n) is 7.03. The van der Waals surface area contributed by atoms with Crippen LogP contribution in [0.15, 0.2) is 53.3 Å². The first-order valence-corrected chi connectivity index (χ1v) is 9.53. The van der Waals surface area contributed by atoms with E-state index in [1.165, 1.54) is 0 Å². The Kier molecular flexibility index (Phi) is 5.21. The summed E-state index contributed by atoms with van der Waals surface area (Å²) in [5.41, 5.74) is 2.17. The van der Waals surface area contributed by atoms with Crippen molar-refractivity contribution in [3.8, 4) is 0 Å². The van der Waals surface area contributed by atoms with Crippen LogP contribution >= 0.6 is 0 Å². The van der Waals surface area contributed by atoms with E-state index >= 15 is 0 Å². The van der Waals surface area contributed by atoms with Gasteiger partial charge in [0.15, 0.2) is 0 Å². The van der Waals surface area contributed by atoms with Crippen LogP contribution in [-0.4, -0.2) is 40.6 Å². The largest absolute Gasteiger partial charge is 0.383 e. The van der Waals surface area contributed by atoms with Gasteiger partial charge in [0, 0.05) is 38.7 Å². The van der Waals surface area contributed by atoms with E-state index < -0.39 is 0 Å². The van der Waals surface area contributed by atoms with E-state index in [2.05, 4.69) is 4.98 Å². The predicted octanol–water partition coefficient (Wildman–Crippen LogP) is 2.63. The summed E-state index contributed by atoms with van der Waals surface area (Å²) in [7, 11) is 1.62. The molecule has 0 radical (unpaired) electrons. The Morgan fingerprint density at radius 1 is 1.21 bits per heavy atom. The average Bonchev–Trinajstić information content (AvgIpc) is 3.20. The fourth-order valence-corrected chi connectivity index (χ4v) is 3.66. The Bertz CT molecular complexity index is 1060. The van der Waals surface area contributed by atoms with Gasteiger partial charge >= 0.3 is 0 Å². The summed E-state index contributed by atoms with van der Waals surface area (Å²) < 4.78 is 6.92. The maximum Gasteiger partial charge on any atom is 0.261 e. The van der Waals surface area contributed by atoms with Crippen molar-refractivity contribution in [3.05, 3.63) is 75.8 Å². The zero-order chi connectivity index (χ0) is 19.5. The van der Waals surface area contributed by atoms with Crippen molar-refractivity contribution >= 4 is 16.8 Å². The highest BCUT2D eigenvalue weighted by molar-refractivity contribution is 5.97. The fraction of sp³-hybridized carbons (Fsp3) is 0.318. The van der Waals surface area contributed by atoms with Gasteiger partial charge < -0.3 is 9.64 Å². The minimum atomic E-state index is -0.0924. The first-order chi connectivity index (χ1) is 13.7. The van der Waals surface area contributed by atoms with Crippen LogP contribution in [0.2, 0.25) is 0 Å². The van der Waals surface area contributed by atoms with E-state index in [-0.39, 0.29) is 11.5 Å². The molecule has 1 aliphatic heterocycles. The zero-order valence-electron chi connectivity index (χ0n) is 15.9. The summed E-state index contributed by atoms with van der Waals surface area (Å²) in [4.78, 5) is 32.2. The van der Waals surface area contributed by atoms with Crippen molar-refractivity contribution in [2.75, 3.05) is 20.3 Å². The summed E-state index contributed by atoms with van der Waals surface area (Å²) >= 11 is 0. The van der Waals surface area contributed by atoms with Gasteiger partial charge in [0.1, 0.15) is 5.82 Å². The van der Waals surface area contributed by atoms with E-state index in [4.69, 9.17) is 4.74 Å². The number of benzene rings is 2. The lowest BCUT2D eigenvalue weighted by atomic mass is 10.1. The number of aromatic nitrogens is 2. The van der Waals surface area contributed by atoms with Crippen molar-refractivity contribution in [1.29, 1.82) is 0 Å². The number of aryl methyl sites for hydroxylation is 1. The van der Waals surface area contributed by atoms with Gasteiger partial charge in [-0.25, -0.2) is 4.98 Å². The third kappa shape index (κ3) is 3.55. The standard InChI is InChI=1S/C22H23N3O3/c1-28-13-12-24(15-16-6-3-2-4-7-16)21(26)17-9-10-18-19(14-17)23-20-8-5-11-25(20)22(18)27/h2-4,6-7,9-10,14H,5,8,11-13,15H2,1H3. The number of nitrogens with zero attached hydrogens (tertiary/aromatic N) is 3. The van der Waals surface area contributed by atoms with Crippen LogP contribution in [0.3, 0.4) is 0 Å². The molecule has 2 heterocycles. The van der Waals surface area contributed by atoms with Crippen LogP contribution in [0.5, 0.6) is 0 Å². The molecular weight excluding hydrogens is 354 g/mol. The molecule has 6 nitrogen and oxygen atoms in total. The molecule has 6 heteroatoms. The van der Waals surface area contributed by atoms with Crippen LogP contribution in [-0.2, 0) is 24.2 Å². The molecule has 0 unspecified atom stereocenters. The van der Waals surface area contributed by atoms with Gasteiger partial charge in [-0.15, -0.1) is 0 Å². The Balaban J connectivity index is 1.67. The first-order valence-electron chi connectivity index (χ1n) is 9.53. The normalized spacial score (nSPS) is 12.9. The summed E-state index contributed by atoms with van der Waals surface area (Å²) in [6.45, 7) is 2.17. The molecule has 0 fully saturated rings. The van der Waals surface area contributed by atoms with Gasteiger partial charge in [-0.2, -0.15) is 0 Å². The van der Waals surface area contributed by atoms with E-state index in [0.29, 0.717) is 36.2 Å². The maximum atomic E-state index is 13.2. The number of rotatable bonds is 6. The SMILES string of the molecule is COCCN(Cc1ccccc1)C(=O)c1ccc2c(=O)n3c(nc2c1)CCC3. The molecule has 3 aromatic rings. The minimum absolute atomic E-state index is 0.0166. The third-order valence-corrected chi connectivity index (χ3v) is 5.13. The van der Waals surface area contributed by atoms with Crippen LogP contribution in [0.4, 0.5) is 0 Å². The van der Waals surface area contributed by atoms with Gasteiger partial charge in [0.05, 0.1) is 17.5 Å². The summed E-state index contributed by atoms with van der Waals surface area (Å²) in [6.07, 6.45) is 1.74. The molecular formula is C22H23N3O3. The number of carbonyl (C=O) groups is 1. The van der Waals surface area contributed by atoms with Crippen LogP contribution in [0.1, 0.15) is 28.2 Å². The van der Waals surface area contributed by atoms with E-state index in [1.807, 2.05) is 30.3 Å². The number of hydrogen-bond acceptors (Lipinski definition) is 4. The lowest BCUT2D eigenvalue weighted by Crippen LogP contribution is -2.33. The monoisotopic (exact) mass is 377 g/mol. The molecule has 144 valence electrons. The van der Waals surface area contributed by atoms with E-state index in [1.54, 1.807) is 34.8 Å². The summed E-state index contributed by atoms with van der Waals surface area (Å²) in [5.74, 6) is 0.716. The smallest absolute Gasteiger partial charge is 0.261 e. The van der Waals surface area contributed by atoms with E-state index in [0.717, 1.165) is 30.8 Å². The molecule has 0 N–H and O–H groups in total. The van der Waals surface area contributed by atoms with Crippen LogP contribution < -0.4 is 5.56 Å². The molecule has 0 saturated heterocycles. The van der Waals surface area contributed by atoms with Crippen molar-refractivity contribution in [2.24, 2.45) is 0 Å². The van der Waals surface area contributed by atoms with Gasteiger partial charge in [0.2, 0.25) is 0 Å². The van der Waals surface area contributed by atoms with Crippen molar-refractivity contribution < 1.29 is 9.53 Å². The molecule has 2 aromatic carbocycles. The number of amides is 1. The quantitative estimate of drug-likeness (QED) is 0.662. The molecule has 0 atom stereocenters. The highest BCUT2D eigenvalue weighted by atomic mass is 16.5. The molecule has 4 rings (SSSR count). The molecule has 28 heavy (non-hydrogen) atoms. The Hall–Kier alpha value is -2.99. The van der Waals surface area contributed by atoms with Gasteiger partial charge in [-0.3, -0.25) is 14.2 Å². The summed E-state index contributed by atoms with van der Waals surface area (Å²) in [5, 5.41) is 0.564. The maximum absolute atomic E-state index is 13.2. The van der Waals surface area contributed by atoms with Gasteiger partial charge in [-0.05, 0) is 30.2 Å². The first kappa shape index (κ1) is 18.4. The Morgan fingerprint density at radius 3 is 2.82 bits per heavy atom. The topological polar surface area (TPSA) is 64.4 Å². The number of hydrogen-bond donors (Lipinski definition) is 0. The molecule has 0 bridgehead atoms. The molecule has 0 aliphatic carbocycles. The van der Waals surface area contributed by atoms with Gasteiger partial charge in [-0.1, -0.05) is 30.3 Å². The molecule has 1 amide bonds. The molecule has 0 spiro atoms. The predicted molar refractivity (Wildman–Crippen MR) is 107 cm³/mol. The minimum Gasteiger partial charge on any atom is -0.383 e. The second-order valence-corrected chi connectivity index (χ2v) is 7.03.